The number of nitrogens with one attached hydrogen (secondary N) is 1. The van der Waals surface area contributed by atoms with Gasteiger partial charge in [0, 0.05) is 23.7 Å². The molecule has 1 saturated carbocycles. The average Bonchev–Trinajstić information content (AvgIpc) is 2.58. The van der Waals surface area contributed by atoms with E-state index in [0.29, 0.717) is 18.0 Å². The zero-order valence-electron chi connectivity index (χ0n) is 9.16. The van der Waals surface area contributed by atoms with Crippen LogP contribution in [-0.4, -0.2) is 12.1 Å². The fourth-order valence-electron chi connectivity index (χ4n) is 3.10. The van der Waals surface area contributed by atoms with Crippen molar-refractivity contribution in [2.24, 2.45) is 5.73 Å². The van der Waals surface area contributed by atoms with Gasteiger partial charge in [-0.05, 0) is 37.3 Å². The smallest absolute Gasteiger partial charge is 0.0408 e. The van der Waals surface area contributed by atoms with Crippen LogP contribution >= 0.6 is 0 Å². The van der Waals surface area contributed by atoms with Gasteiger partial charge in [0.25, 0.3) is 0 Å². The highest BCUT2D eigenvalue weighted by Crippen LogP contribution is 2.44. The molecule has 1 heterocycles. The number of hydrogen-bond acceptors (Lipinski definition) is 2. The maximum atomic E-state index is 6.06. The van der Waals surface area contributed by atoms with E-state index in [-0.39, 0.29) is 0 Å². The van der Waals surface area contributed by atoms with E-state index in [1.54, 1.807) is 0 Å². The van der Waals surface area contributed by atoms with Crippen molar-refractivity contribution >= 4 is 5.69 Å². The Morgan fingerprint density at radius 1 is 1.33 bits per heavy atom. The fraction of sp³-hybridized carbons (Fsp3) is 0.538. The Hall–Kier alpha value is -1.02. The molecule has 2 nitrogen and oxygen atoms in total. The van der Waals surface area contributed by atoms with Crippen LogP contribution in [0.3, 0.4) is 0 Å². The number of nitrogens with two attached hydrogens (primary N) is 1. The molecule has 0 spiro atoms. The van der Waals surface area contributed by atoms with Crippen molar-refractivity contribution < 1.29 is 0 Å². The monoisotopic (exact) mass is 202 g/mol. The Kier molecular flexibility index (Phi) is 1.99. The van der Waals surface area contributed by atoms with Crippen molar-refractivity contribution in [1.29, 1.82) is 0 Å². The molecule has 1 aromatic rings. The van der Waals surface area contributed by atoms with Crippen molar-refractivity contribution in [3.8, 4) is 0 Å². The average molecular weight is 202 g/mol. The molecule has 80 valence electrons. The Balaban J connectivity index is 2.01. The number of aryl methyl sites for hydroxylation is 1. The second-order valence-electron chi connectivity index (χ2n) is 4.97. The van der Waals surface area contributed by atoms with Crippen molar-refractivity contribution in [3.63, 3.8) is 0 Å². The van der Waals surface area contributed by atoms with E-state index in [9.17, 15) is 0 Å². The summed E-state index contributed by atoms with van der Waals surface area (Å²) in [6, 6.07) is 7.65. The summed E-state index contributed by atoms with van der Waals surface area (Å²) in [6.07, 6.45) is 3.54. The van der Waals surface area contributed by atoms with Crippen LogP contribution in [0.2, 0.25) is 0 Å². The maximum absolute atomic E-state index is 6.06. The van der Waals surface area contributed by atoms with Crippen LogP contribution in [0, 0.1) is 6.92 Å². The first kappa shape index (κ1) is 9.22. The number of fused-ring (bicyclic) bond motifs is 3. The minimum Gasteiger partial charge on any atom is -0.381 e. The van der Waals surface area contributed by atoms with Gasteiger partial charge >= 0.3 is 0 Å². The van der Waals surface area contributed by atoms with Gasteiger partial charge in [-0.3, -0.25) is 0 Å². The molecule has 3 N–H and O–H groups in total. The lowest BCUT2D eigenvalue weighted by Crippen LogP contribution is -2.35. The molecule has 0 bridgehead atoms. The van der Waals surface area contributed by atoms with Gasteiger partial charge in [0.2, 0.25) is 0 Å². The molecule has 15 heavy (non-hydrogen) atoms. The fourth-order valence-corrected chi connectivity index (χ4v) is 3.10. The number of rotatable bonds is 0. The Bertz CT molecular complexity index is 386. The SMILES string of the molecule is Cc1cccc2c1NC1CCC(N)CC21. The van der Waals surface area contributed by atoms with E-state index in [0.717, 1.165) is 6.42 Å². The molecule has 1 aromatic carbocycles. The third-order valence-electron chi connectivity index (χ3n) is 3.93. The van der Waals surface area contributed by atoms with Crippen LogP contribution in [0.5, 0.6) is 0 Å². The predicted octanol–water partition coefficient (Wildman–Crippen LogP) is 2.38. The lowest BCUT2D eigenvalue weighted by molar-refractivity contribution is 0.376. The predicted molar refractivity (Wildman–Crippen MR) is 63.2 cm³/mol. The van der Waals surface area contributed by atoms with E-state index < -0.39 is 0 Å². The second kappa shape index (κ2) is 3.24. The van der Waals surface area contributed by atoms with E-state index in [2.05, 4.69) is 30.4 Å². The minimum absolute atomic E-state index is 0.402. The summed E-state index contributed by atoms with van der Waals surface area (Å²) in [5.74, 6) is 0.656. The van der Waals surface area contributed by atoms with Gasteiger partial charge in [0.05, 0.1) is 0 Å². The maximum Gasteiger partial charge on any atom is 0.0408 e. The standard InChI is InChI=1S/C13H18N2/c1-8-3-2-4-10-11-7-9(14)5-6-12(11)15-13(8)10/h2-4,9,11-12,15H,5-7,14H2,1H3. The summed E-state index contributed by atoms with van der Waals surface area (Å²) in [4.78, 5) is 0. The molecule has 1 aliphatic carbocycles. The zero-order chi connectivity index (χ0) is 10.4. The Morgan fingerprint density at radius 3 is 3.07 bits per heavy atom. The van der Waals surface area contributed by atoms with Gasteiger partial charge in [-0.1, -0.05) is 18.2 Å². The van der Waals surface area contributed by atoms with Gasteiger partial charge in [-0.25, -0.2) is 0 Å². The molecule has 1 aliphatic heterocycles. The Labute approximate surface area is 90.9 Å². The van der Waals surface area contributed by atoms with Gasteiger partial charge in [0.1, 0.15) is 0 Å². The van der Waals surface area contributed by atoms with Gasteiger partial charge < -0.3 is 11.1 Å². The molecule has 3 atom stereocenters. The Morgan fingerprint density at radius 2 is 2.20 bits per heavy atom. The van der Waals surface area contributed by atoms with Crippen molar-refractivity contribution in [2.75, 3.05) is 5.32 Å². The van der Waals surface area contributed by atoms with Crippen molar-refractivity contribution in [3.05, 3.63) is 29.3 Å². The summed E-state index contributed by atoms with van der Waals surface area (Å²) in [6.45, 7) is 2.18. The van der Waals surface area contributed by atoms with Gasteiger partial charge in [0.15, 0.2) is 0 Å². The molecular formula is C13H18N2. The first-order valence-electron chi connectivity index (χ1n) is 5.87. The molecule has 0 radical (unpaired) electrons. The van der Waals surface area contributed by atoms with Crippen LogP contribution in [-0.2, 0) is 0 Å². The third-order valence-corrected chi connectivity index (χ3v) is 3.93. The first-order valence-corrected chi connectivity index (χ1v) is 5.87. The lowest BCUT2D eigenvalue weighted by atomic mass is 9.80. The largest absolute Gasteiger partial charge is 0.381 e. The normalized spacial score (nSPS) is 33.1. The molecular weight excluding hydrogens is 184 g/mol. The minimum atomic E-state index is 0.402. The summed E-state index contributed by atoms with van der Waals surface area (Å²) >= 11 is 0. The first-order chi connectivity index (χ1) is 7.25. The van der Waals surface area contributed by atoms with Crippen LogP contribution < -0.4 is 11.1 Å². The van der Waals surface area contributed by atoms with E-state index in [4.69, 9.17) is 5.73 Å². The number of anilines is 1. The van der Waals surface area contributed by atoms with Crippen molar-refractivity contribution in [1.82, 2.24) is 0 Å². The molecule has 2 heteroatoms. The topological polar surface area (TPSA) is 38.0 Å². The van der Waals surface area contributed by atoms with Crippen LogP contribution in [0.4, 0.5) is 5.69 Å². The van der Waals surface area contributed by atoms with E-state index in [1.807, 2.05) is 0 Å². The highest BCUT2D eigenvalue weighted by atomic mass is 15.0. The molecule has 0 aromatic heterocycles. The quantitative estimate of drug-likeness (QED) is 0.678. The molecule has 0 amide bonds. The molecule has 1 fully saturated rings. The summed E-state index contributed by atoms with van der Waals surface area (Å²) in [7, 11) is 0. The van der Waals surface area contributed by atoms with Crippen LogP contribution in [0.1, 0.15) is 36.3 Å². The third kappa shape index (κ3) is 1.36. The number of benzene rings is 1. The van der Waals surface area contributed by atoms with E-state index in [1.165, 1.54) is 29.7 Å². The van der Waals surface area contributed by atoms with E-state index >= 15 is 0 Å². The highest BCUT2D eigenvalue weighted by Gasteiger charge is 2.36. The lowest BCUT2D eigenvalue weighted by Gasteiger charge is -2.29. The summed E-state index contributed by atoms with van der Waals surface area (Å²) in [5, 5.41) is 3.67. The molecule has 3 rings (SSSR count). The summed E-state index contributed by atoms with van der Waals surface area (Å²) in [5.41, 5.74) is 10.3. The highest BCUT2D eigenvalue weighted by molar-refractivity contribution is 5.64. The van der Waals surface area contributed by atoms with Crippen LogP contribution in [0.15, 0.2) is 18.2 Å². The number of para-hydroxylation sites is 1. The molecule has 0 saturated heterocycles. The van der Waals surface area contributed by atoms with Gasteiger partial charge in [-0.2, -0.15) is 0 Å². The molecule has 3 unspecified atom stereocenters. The van der Waals surface area contributed by atoms with Gasteiger partial charge in [-0.15, -0.1) is 0 Å². The van der Waals surface area contributed by atoms with Crippen LogP contribution in [0.25, 0.3) is 0 Å². The zero-order valence-corrected chi connectivity index (χ0v) is 9.16. The molecule has 2 aliphatic rings. The number of hydrogen-bond donors (Lipinski definition) is 2. The van der Waals surface area contributed by atoms with Crippen molar-refractivity contribution in [2.45, 2.75) is 44.2 Å². The summed E-state index contributed by atoms with van der Waals surface area (Å²) < 4.78 is 0. The second-order valence-corrected chi connectivity index (χ2v) is 4.97.